The van der Waals surface area contributed by atoms with Crippen molar-refractivity contribution in [1.82, 2.24) is 0 Å². The molecule has 0 aliphatic heterocycles. The molecule has 3 heteroatoms. The Bertz CT molecular complexity index is 158. The summed E-state index contributed by atoms with van der Waals surface area (Å²) in [6, 6.07) is 0. The van der Waals surface area contributed by atoms with Crippen LogP contribution >= 0.6 is 0 Å². The van der Waals surface area contributed by atoms with Gasteiger partial charge in [-0.1, -0.05) is 6.08 Å². The molecule has 0 saturated heterocycles. The number of rotatable bonds is 5. The van der Waals surface area contributed by atoms with Crippen LogP contribution < -0.4 is 0 Å². The van der Waals surface area contributed by atoms with E-state index in [2.05, 4.69) is 27.7 Å². The first-order valence-electron chi connectivity index (χ1n) is 4.02. The van der Waals surface area contributed by atoms with Crippen molar-refractivity contribution >= 4 is 5.97 Å². The average molecular weight is 172 g/mol. The van der Waals surface area contributed by atoms with Gasteiger partial charge in [0, 0.05) is 0 Å². The first-order chi connectivity index (χ1) is 5.45. The SMILES string of the molecule is C=CCC(=O)OCC[N+](C)(C)C. The molecule has 12 heavy (non-hydrogen) atoms. The molecule has 0 radical (unpaired) electrons. The van der Waals surface area contributed by atoms with Crippen LogP contribution in [0.5, 0.6) is 0 Å². The van der Waals surface area contributed by atoms with Crippen LogP contribution in [0.4, 0.5) is 0 Å². The molecule has 0 aliphatic rings. The van der Waals surface area contributed by atoms with Crippen molar-refractivity contribution in [3.8, 4) is 0 Å². The number of carbonyl (C=O) groups excluding carboxylic acids is 1. The minimum Gasteiger partial charge on any atom is -0.459 e. The minimum absolute atomic E-state index is 0.196. The summed E-state index contributed by atoms with van der Waals surface area (Å²) in [4.78, 5) is 10.8. The first kappa shape index (κ1) is 11.2. The van der Waals surface area contributed by atoms with Gasteiger partial charge in [-0.2, -0.15) is 0 Å². The monoisotopic (exact) mass is 172 g/mol. The van der Waals surface area contributed by atoms with Gasteiger partial charge in [0.05, 0.1) is 27.6 Å². The standard InChI is InChI=1S/C9H18NO2/c1-5-6-9(11)12-8-7-10(2,3)4/h5H,1,6-8H2,2-4H3/q+1. The summed E-state index contributed by atoms with van der Waals surface area (Å²) in [6.45, 7) is 4.77. The van der Waals surface area contributed by atoms with Crippen molar-refractivity contribution in [2.45, 2.75) is 6.42 Å². The molecule has 0 rings (SSSR count). The highest BCUT2D eigenvalue weighted by molar-refractivity contribution is 5.70. The second-order valence-corrected chi connectivity index (χ2v) is 3.73. The zero-order valence-electron chi connectivity index (χ0n) is 8.17. The van der Waals surface area contributed by atoms with Crippen molar-refractivity contribution in [1.29, 1.82) is 0 Å². The number of hydrogen-bond acceptors (Lipinski definition) is 2. The first-order valence-corrected chi connectivity index (χ1v) is 4.02. The fourth-order valence-electron chi connectivity index (χ4n) is 0.610. The number of esters is 1. The van der Waals surface area contributed by atoms with Crippen LogP contribution in [0.15, 0.2) is 12.7 Å². The van der Waals surface area contributed by atoms with Gasteiger partial charge in [-0.3, -0.25) is 4.79 Å². The largest absolute Gasteiger partial charge is 0.459 e. The molecule has 0 amide bonds. The molecule has 0 aliphatic carbocycles. The van der Waals surface area contributed by atoms with Gasteiger partial charge in [0.15, 0.2) is 0 Å². The topological polar surface area (TPSA) is 26.3 Å². The van der Waals surface area contributed by atoms with Crippen LogP contribution in [0.3, 0.4) is 0 Å². The molecule has 0 heterocycles. The Morgan fingerprint density at radius 1 is 1.50 bits per heavy atom. The Morgan fingerprint density at radius 3 is 2.50 bits per heavy atom. The summed E-state index contributed by atoms with van der Waals surface area (Å²) in [5.74, 6) is -0.196. The Hall–Kier alpha value is -0.830. The summed E-state index contributed by atoms with van der Waals surface area (Å²) in [5.41, 5.74) is 0. The molecule has 70 valence electrons. The van der Waals surface area contributed by atoms with E-state index in [0.29, 0.717) is 13.0 Å². The van der Waals surface area contributed by atoms with E-state index < -0.39 is 0 Å². The lowest BCUT2D eigenvalue weighted by Crippen LogP contribution is -2.37. The van der Waals surface area contributed by atoms with Gasteiger partial charge in [-0.05, 0) is 0 Å². The second-order valence-electron chi connectivity index (χ2n) is 3.73. The molecule has 0 fully saturated rings. The van der Waals surface area contributed by atoms with Crippen LogP contribution in [-0.2, 0) is 9.53 Å². The quantitative estimate of drug-likeness (QED) is 0.348. The molecule has 0 aromatic carbocycles. The molecule has 0 atom stereocenters. The van der Waals surface area contributed by atoms with Gasteiger partial charge in [-0.15, -0.1) is 6.58 Å². The number of carbonyl (C=O) groups is 1. The van der Waals surface area contributed by atoms with E-state index in [4.69, 9.17) is 4.74 Å². The normalized spacial score (nSPS) is 10.9. The maximum absolute atomic E-state index is 10.8. The van der Waals surface area contributed by atoms with E-state index >= 15 is 0 Å². The van der Waals surface area contributed by atoms with Crippen LogP contribution in [0.2, 0.25) is 0 Å². The van der Waals surface area contributed by atoms with Crippen molar-refractivity contribution in [2.75, 3.05) is 34.3 Å². The number of likely N-dealkylation sites (N-methyl/N-ethyl adjacent to an activating group) is 1. The fraction of sp³-hybridized carbons (Fsp3) is 0.667. The van der Waals surface area contributed by atoms with Crippen LogP contribution in [0, 0.1) is 0 Å². The van der Waals surface area contributed by atoms with Crippen LogP contribution in [0.1, 0.15) is 6.42 Å². The second kappa shape index (κ2) is 4.93. The summed E-state index contributed by atoms with van der Waals surface area (Å²) in [7, 11) is 6.17. The summed E-state index contributed by atoms with van der Waals surface area (Å²) < 4.78 is 5.74. The maximum atomic E-state index is 10.8. The van der Waals surface area contributed by atoms with E-state index in [0.717, 1.165) is 11.0 Å². The van der Waals surface area contributed by atoms with Crippen LogP contribution in [-0.4, -0.2) is 44.7 Å². The van der Waals surface area contributed by atoms with Crippen molar-refractivity contribution in [3.05, 3.63) is 12.7 Å². The highest BCUT2D eigenvalue weighted by Gasteiger charge is 2.07. The van der Waals surface area contributed by atoms with Gasteiger partial charge in [0.25, 0.3) is 0 Å². The molecule has 0 N–H and O–H groups in total. The van der Waals surface area contributed by atoms with Crippen molar-refractivity contribution in [2.24, 2.45) is 0 Å². The van der Waals surface area contributed by atoms with E-state index in [1.54, 1.807) is 6.08 Å². The molecule has 0 bridgehead atoms. The third kappa shape index (κ3) is 7.28. The lowest BCUT2D eigenvalue weighted by Gasteiger charge is -2.23. The number of ether oxygens (including phenoxy) is 1. The third-order valence-corrected chi connectivity index (χ3v) is 1.34. The lowest BCUT2D eigenvalue weighted by molar-refractivity contribution is -0.870. The smallest absolute Gasteiger partial charge is 0.309 e. The van der Waals surface area contributed by atoms with Crippen LogP contribution in [0.25, 0.3) is 0 Å². The maximum Gasteiger partial charge on any atom is 0.309 e. The third-order valence-electron chi connectivity index (χ3n) is 1.34. The summed E-state index contributed by atoms with van der Waals surface area (Å²) in [5, 5.41) is 0. The van der Waals surface area contributed by atoms with Gasteiger partial charge in [0.1, 0.15) is 13.2 Å². The van der Waals surface area contributed by atoms with Gasteiger partial charge >= 0.3 is 5.97 Å². The summed E-state index contributed by atoms with van der Waals surface area (Å²) >= 11 is 0. The predicted octanol–water partition coefficient (Wildman–Crippen LogP) is 0.812. The van der Waals surface area contributed by atoms with Gasteiger partial charge < -0.3 is 9.22 Å². The Kier molecular flexibility index (Phi) is 4.59. The minimum atomic E-state index is -0.196. The number of quaternary nitrogens is 1. The average Bonchev–Trinajstić information content (AvgIpc) is 1.84. The van der Waals surface area contributed by atoms with Gasteiger partial charge in [0.2, 0.25) is 0 Å². The van der Waals surface area contributed by atoms with E-state index in [1.165, 1.54) is 0 Å². The van der Waals surface area contributed by atoms with E-state index in [9.17, 15) is 4.79 Å². The Balaban J connectivity index is 3.43. The zero-order valence-corrected chi connectivity index (χ0v) is 8.17. The van der Waals surface area contributed by atoms with E-state index in [-0.39, 0.29) is 5.97 Å². The highest BCUT2D eigenvalue weighted by Crippen LogP contribution is 1.92. The Labute approximate surface area is 74.2 Å². The van der Waals surface area contributed by atoms with Crippen molar-refractivity contribution < 1.29 is 14.0 Å². The zero-order chi connectivity index (χ0) is 9.61. The molecule has 0 saturated carbocycles. The molecule has 3 nitrogen and oxygen atoms in total. The lowest BCUT2D eigenvalue weighted by atomic mass is 10.4. The number of nitrogens with zero attached hydrogens (tertiary/aromatic N) is 1. The predicted molar refractivity (Wildman–Crippen MR) is 48.7 cm³/mol. The molecule has 0 aromatic heterocycles. The van der Waals surface area contributed by atoms with Crippen molar-refractivity contribution in [3.63, 3.8) is 0 Å². The van der Waals surface area contributed by atoms with E-state index in [1.807, 2.05) is 0 Å². The molecular formula is C9H18NO2+. The molecule has 0 spiro atoms. The van der Waals surface area contributed by atoms with Gasteiger partial charge in [-0.25, -0.2) is 0 Å². The Morgan fingerprint density at radius 2 is 2.08 bits per heavy atom. The molecule has 0 unspecified atom stereocenters. The highest BCUT2D eigenvalue weighted by atomic mass is 16.5. The molecule has 0 aromatic rings. The summed E-state index contributed by atoms with van der Waals surface area (Å²) in [6.07, 6.45) is 1.85. The molecular weight excluding hydrogens is 154 g/mol. The number of hydrogen-bond donors (Lipinski definition) is 0. The fourth-order valence-corrected chi connectivity index (χ4v) is 0.610.